The molecule has 0 saturated carbocycles. The van der Waals surface area contributed by atoms with Crippen molar-refractivity contribution in [1.82, 2.24) is 24.8 Å². The van der Waals surface area contributed by atoms with Gasteiger partial charge in [-0.1, -0.05) is 18.2 Å². The van der Waals surface area contributed by atoms with Crippen LogP contribution in [0.25, 0.3) is 10.9 Å². The second-order valence-electron chi connectivity index (χ2n) is 7.86. The first-order valence-electron chi connectivity index (χ1n) is 11.3. The predicted octanol–water partition coefficient (Wildman–Crippen LogP) is 2.18. The Hall–Kier alpha value is -3.15. The van der Waals surface area contributed by atoms with Gasteiger partial charge in [-0.25, -0.2) is 0 Å². The number of aromatic amines is 1. The summed E-state index contributed by atoms with van der Waals surface area (Å²) in [6, 6.07) is 8.31. The standard InChI is InChI=1S/C22H28N8O3/c1-2-4-18-17(3-1)19(15-23-18)28-24-16-20-25-21(30-8-12-32-13-9-30)27-22(26-20)33-14-7-29-5-10-31-11-6-29/h1-4,15,23H,5-14,16H2. The van der Waals surface area contributed by atoms with E-state index in [9.17, 15) is 0 Å². The molecule has 0 spiro atoms. The number of morpholine rings is 2. The van der Waals surface area contributed by atoms with Gasteiger partial charge in [-0.2, -0.15) is 25.2 Å². The Bertz CT molecular complexity index is 1080. The van der Waals surface area contributed by atoms with Gasteiger partial charge in [0.1, 0.15) is 18.8 Å². The first kappa shape index (κ1) is 21.7. The minimum atomic E-state index is 0.235. The number of hydrogen-bond acceptors (Lipinski definition) is 10. The second-order valence-corrected chi connectivity index (χ2v) is 7.86. The Morgan fingerprint density at radius 1 is 0.970 bits per heavy atom. The van der Waals surface area contributed by atoms with E-state index in [0.29, 0.717) is 37.6 Å². The van der Waals surface area contributed by atoms with Crippen LogP contribution >= 0.6 is 0 Å². The molecule has 2 aliphatic heterocycles. The molecule has 0 bridgehead atoms. The van der Waals surface area contributed by atoms with Crippen molar-refractivity contribution in [3.8, 4) is 6.01 Å². The Labute approximate surface area is 191 Å². The Kier molecular flexibility index (Phi) is 6.99. The highest BCUT2D eigenvalue weighted by molar-refractivity contribution is 5.90. The number of anilines is 1. The number of nitrogens with zero attached hydrogens (tertiary/aromatic N) is 7. The molecule has 4 heterocycles. The van der Waals surface area contributed by atoms with Crippen LogP contribution in [0, 0.1) is 0 Å². The molecule has 0 atom stereocenters. The Morgan fingerprint density at radius 3 is 2.61 bits per heavy atom. The molecule has 174 valence electrons. The van der Waals surface area contributed by atoms with Crippen LogP contribution in [-0.4, -0.2) is 90.6 Å². The quantitative estimate of drug-likeness (QED) is 0.518. The molecule has 0 aliphatic carbocycles. The lowest BCUT2D eigenvalue weighted by atomic mass is 10.2. The van der Waals surface area contributed by atoms with Crippen LogP contribution < -0.4 is 9.64 Å². The van der Waals surface area contributed by atoms with E-state index in [1.165, 1.54) is 0 Å². The van der Waals surface area contributed by atoms with Gasteiger partial charge in [-0.15, -0.1) is 0 Å². The zero-order valence-electron chi connectivity index (χ0n) is 18.5. The maximum atomic E-state index is 5.91. The second kappa shape index (κ2) is 10.6. The summed E-state index contributed by atoms with van der Waals surface area (Å²) in [6.07, 6.45) is 1.85. The number of benzene rings is 1. The lowest BCUT2D eigenvalue weighted by molar-refractivity contribution is 0.0317. The molecule has 0 amide bonds. The lowest BCUT2D eigenvalue weighted by Crippen LogP contribution is -2.39. The molecule has 2 fully saturated rings. The van der Waals surface area contributed by atoms with Gasteiger partial charge >= 0.3 is 6.01 Å². The molecule has 33 heavy (non-hydrogen) atoms. The molecule has 3 aromatic rings. The number of para-hydroxylation sites is 1. The molecule has 2 aromatic heterocycles. The fourth-order valence-electron chi connectivity index (χ4n) is 3.83. The number of nitrogens with one attached hydrogen (secondary N) is 1. The molecule has 1 aromatic carbocycles. The summed E-state index contributed by atoms with van der Waals surface area (Å²) < 4.78 is 16.8. The van der Waals surface area contributed by atoms with Gasteiger partial charge in [-0.05, 0) is 6.07 Å². The monoisotopic (exact) mass is 452 g/mol. The predicted molar refractivity (Wildman–Crippen MR) is 122 cm³/mol. The molecular formula is C22H28N8O3. The number of aromatic nitrogens is 4. The summed E-state index contributed by atoms with van der Waals surface area (Å²) in [5.41, 5.74) is 1.81. The number of rotatable bonds is 8. The van der Waals surface area contributed by atoms with Crippen LogP contribution in [-0.2, 0) is 16.0 Å². The Morgan fingerprint density at radius 2 is 1.76 bits per heavy atom. The van der Waals surface area contributed by atoms with Crippen LogP contribution in [0.1, 0.15) is 5.82 Å². The maximum absolute atomic E-state index is 5.91. The van der Waals surface area contributed by atoms with E-state index < -0.39 is 0 Å². The normalized spacial score (nSPS) is 17.8. The van der Waals surface area contributed by atoms with E-state index in [1.807, 2.05) is 30.5 Å². The highest BCUT2D eigenvalue weighted by Crippen LogP contribution is 2.25. The van der Waals surface area contributed by atoms with E-state index >= 15 is 0 Å². The van der Waals surface area contributed by atoms with Crippen molar-refractivity contribution in [1.29, 1.82) is 0 Å². The topological polar surface area (TPSA) is 113 Å². The molecule has 11 nitrogen and oxygen atoms in total. The summed E-state index contributed by atoms with van der Waals surface area (Å²) in [4.78, 5) is 21.2. The molecule has 11 heteroatoms. The number of hydrogen-bond donors (Lipinski definition) is 1. The van der Waals surface area contributed by atoms with Gasteiger partial charge in [-0.3, -0.25) is 4.90 Å². The van der Waals surface area contributed by atoms with Crippen LogP contribution in [0.4, 0.5) is 11.6 Å². The van der Waals surface area contributed by atoms with Crippen molar-refractivity contribution in [3.05, 3.63) is 36.3 Å². The number of fused-ring (bicyclic) bond motifs is 1. The highest BCUT2D eigenvalue weighted by Gasteiger charge is 2.18. The average Bonchev–Trinajstić information content (AvgIpc) is 3.28. The SMILES string of the molecule is c1ccc2c(N=NCc3nc(OCCN4CCOCC4)nc(N4CCOCC4)n3)c[nH]c2c1. The van der Waals surface area contributed by atoms with Crippen molar-refractivity contribution in [2.75, 3.05) is 70.7 Å². The van der Waals surface area contributed by atoms with E-state index in [0.717, 1.165) is 62.5 Å². The van der Waals surface area contributed by atoms with Crippen molar-refractivity contribution < 1.29 is 14.2 Å². The largest absolute Gasteiger partial charge is 0.462 e. The van der Waals surface area contributed by atoms with Crippen LogP contribution in [0.3, 0.4) is 0 Å². The lowest BCUT2D eigenvalue weighted by Gasteiger charge is -2.27. The number of H-pyrrole nitrogens is 1. The van der Waals surface area contributed by atoms with Crippen LogP contribution in [0.5, 0.6) is 6.01 Å². The van der Waals surface area contributed by atoms with E-state index in [4.69, 9.17) is 14.2 Å². The zero-order valence-corrected chi connectivity index (χ0v) is 18.5. The van der Waals surface area contributed by atoms with Gasteiger partial charge in [0.25, 0.3) is 0 Å². The minimum absolute atomic E-state index is 0.235. The van der Waals surface area contributed by atoms with Gasteiger partial charge in [0.2, 0.25) is 5.95 Å². The highest BCUT2D eigenvalue weighted by atomic mass is 16.5. The summed E-state index contributed by atoms with van der Waals surface area (Å²) >= 11 is 0. The van der Waals surface area contributed by atoms with Crippen molar-refractivity contribution in [3.63, 3.8) is 0 Å². The number of azo groups is 1. The molecular weight excluding hydrogens is 424 g/mol. The van der Waals surface area contributed by atoms with Crippen molar-refractivity contribution in [2.45, 2.75) is 6.54 Å². The van der Waals surface area contributed by atoms with Crippen molar-refractivity contribution >= 4 is 22.5 Å². The smallest absolute Gasteiger partial charge is 0.321 e. The summed E-state index contributed by atoms with van der Waals surface area (Å²) in [5, 5.41) is 9.76. The average molecular weight is 453 g/mol. The van der Waals surface area contributed by atoms with Gasteiger partial charge in [0, 0.05) is 49.8 Å². The zero-order chi connectivity index (χ0) is 22.3. The minimum Gasteiger partial charge on any atom is -0.462 e. The van der Waals surface area contributed by atoms with Crippen LogP contribution in [0.15, 0.2) is 40.7 Å². The molecule has 2 saturated heterocycles. The Balaban J connectivity index is 1.28. The third-order valence-electron chi connectivity index (χ3n) is 5.64. The van der Waals surface area contributed by atoms with Gasteiger partial charge < -0.3 is 24.1 Å². The summed E-state index contributed by atoms with van der Waals surface area (Å²) in [6.45, 7) is 7.65. The fourth-order valence-corrected chi connectivity index (χ4v) is 3.83. The summed E-state index contributed by atoms with van der Waals surface area (Å²) in [5.74, 6) is 1.11. The molecule has 5 rings (SSSR count). The first-order valence-corrected chi connectivity index (χ1v) is 11.3. The molecule has 2 aliphatic rings. The molecule has 0 unspecified atom stereocenters. The third kappa shape index (κ3) is 5.62. The first-order chi connectivity index (χ1) is 16.3. The molecule has 1 N–H and O–H groups in total. The van der Waals surface area contributed by atoms with Gasteiger partial charge in [0.05, 0.1) is 26.4 Å². The van der Waals surface area contributed by atoms with Crippen LogP contribution in [0.2, 0.25) is 0 Å². The maximum Gasteiger partial charge on any atom is 0.321 e. The fraction of sp³-hybridized carbons (Fsp3) is 0.500. The van der Waals surface area contributed by atoms with Crippen molar-refractivity contribution in [2.24, 2.45) is 10.2 Å². The van der Waals surface area contributed by atoms with E-state index in [2.05, 4.69) is 40.0 Å². The molecule has 0 radical (unpaired) electrons. The summed E-state index contributed by atoms with van der Waals surface area (Å²) in [7, 11) is 0. The van der Waals surface area contributed by atoms with Gasteiger partial charge in [0.15, 0.2) is 5.82 Å². The van der Waals surface area contributed by atoms with E-state index in [1.54, 1.807) is 0 Å². The number of ether oxygens (including phenoxy) is 3. The van der Waals surface area contributed by atoms with E-state index in [-0.39, 0.29) is 6.54 Å². The third-order valence-corrected chi connectivity index (χ3v) is 5.64.